The number of esters is 1. The van der Waals surface area contributed by atoms with Gasteiger partial charge in [0.2, 0.25) is 0 Å². The van der Waals surface area contributed by atoms with Crippen LogP contribution in [-0.2, 0) is 16.0 Å². The molecule has 4 heteroatoms. The Hall–Kier alpha value is -1.06. The quantitative estimate of drug-likeness (QED) is 0.800. The zero-order chi connectivity index (χ0) is 11.3. The second-order valence-electron chi connectivity index (χ2n) is 3.10. The Morgan fingerprint density at radius 3 is 2.60 bits per heavy atom. The van der Waals surface area contributed by atoms with Gasteiger partial charge in [-0.2, -0.15) is 0 Å². The molecule has 0 amide bonds. The molecule has 0 heterocycles. The topological polar surface area (TPSA) is 46.5 Å². The molecule has 0 fully saturated rings. The molecule has 0 saturated heterocycles. The summed E-state index contributed by atoms with van der Waals surface area (Å²) in [6.45, 7) is 1.98. The fraction of sp³-hybridized carbons (Fsp3) is 0.364. The van der Waals surface area contributed by atoms with E-state index in [0.717, 1.165) is 5.56 Å². The zero-order valence-electron chi connectivity index (χ0n) is 8.44. The van der Waals surface area contributed by atoms with Gasteiger partial charge in [-0.25, -0.2) is 4.79 Å². The van der Waals surface area contributed by atoms with Gasteiger partial charge < -0.3 is 9.84 Å². The van der Waals surface area contributed by atoms with Gasteiger partial charge in [-0.05, 0) is 24.6 Å². The van der Waals surface area contributed by atoms with Gasteiger partial charge in [0.15, 0.2) is 6.10 Å². The van der Waals surface area contributed by atoms with Crippen LogP contribution in [-0.4, -0.2) is 23.8 Å². The first-order valence-corrected chi connectivity index (χ1v) is 5.10. The van der Waals surface area contributed by atoms with E-state index in [-0.39, 0.29) is 13.0 Å². The third-order valence-corrected chi connectivity index (χ3v) is 2.15. The molecule has 0 aliphatic rings. The lowest BCUT2D eigenvalue weighted by Crippen LogP contribution is -2.25. The lowest BCUT2D eigenvalue weighted by Gasteiger charge is -2.09. The van der Waals surface area contributed by atoms with Crippen LogP contribution in [0.15, 0.2) is 24.3 Å². The molecule has 0 aliphatic heterocycles. The molecule has 1 unspecified atom stereocenters. The lowest BCUT2D eigenvalue weighted by molar-refractivity contribution is -0.152. The van der Waals surface area contributed by atoms with Crippen molar-refractivity contribution in [1.82, 2.24) is 0 Å². The van der Waals surface area contributed by atoms with Crippen molar-refractivity contribution < 1.29 is 14.6 Å². The Labute approximate surface area is 93.6 Å². The van der Waals surface area contributed by atoms with Gasteiger partial charge in [0.25, 0.3) is 0 Å². The van der Waals surface area contributed by atoms with Crippen LogP contribution in [0.4, 0.5) is 0 Å². The van der Waals surface area contributed by atoms with Crippen molar-refractivity contribution in [3.8, 4) is 0 Å². The summed E-state index contributed by atoms with van der Waals surface area (Å²) in [5.74, 6) is -0.590. The van der Waals surface area contributed by atoms with E-state index in [4.69, 9.17) is 11.6 Å². The Kier molecular flexibility index (Phi) is 4.59. The van der Waals surface area contributed by atoms with Crippen LogP contribution in [0.1, 0.15) is 12.5 Å². The predicted octanol–water partition coefficient (Wildman–Crippen LogP) is 1.81. The molecule has 0 saturated carbocycles. The monoisotopic (exact) mass is 228 g/mol. The smallest absolute Gasteiger partial charge is 0.335 e. The maximum atomic E-state index is 11.1. The van der Waals surface area contributed by atoms with Gasteiger partial charge in [0.05, 0.1) is 6.61 Å². The number of hydrogen-bond acceptors (Lipinski definition) is 3. The minimum Gasteiger partial charge on any atom is -0.464 e. The van der Waals surface area contributed by atoms with Crippen molar-refractivity contribution in [3.63, 3.8) is 0 Å². The highest BCUT2D eigenvalue weighted by atomic mass is 35.5. The summed E-state index contributed by atoms with van der Waals surface area (Å²) in [6, 6.07) is 6.97. The van der Waals surface area contributed by atoms with Crippen molar-refractivity contribution in [2.24, 2.45) is 0 Å². The van der Waals surface area contributed by atoms with Crippen molar-refractivity contribution >= 4 is 17.6 Å². The van der Waals surface area contributed by atoms with Crippen molar-refractivity contribution in [1.29, 1.82) is 0 Å². The minimum absolute atomic E-state index is 0.246. The number of halogens is 1. The van der Waals surface area contributed by atoms with E-state index in [1.807, 2.05) is 0 Å². The number of carbonyl (C=O) groups is 1. The molecule has 1 rings (SSSR count). The van der Waals surface area contributed by atoms with E-state index in [1.54, 1.807) is 31.2 Å². The molecule has 0 radical (unpaired) electrons. The summed E-state index contributed by atoms with van der Waals surface area (Å²) in [5, 5.41) is 10.1. The van der Waals surface area contributed by atoms with Gasteiger partial charge in [0, 0.05) is 11.4 Å². The van der Waals surface area contributed by atoms with Crippen molar-refractivity contribution in [3.05, 3.63) is 34.9 Å². The summed E-state index contributed by atoms with van der Waals surface area (Å²) in [5.41, 5.74) is 0.847. The molecule has 1 aromatic carbocycles. The Bertz CT molecular complexity index is 321. The number of aliphatic hydroxyl groups is 1. The minimum atomic E-state index is -1.11. The third kappa shape index (κ3) is 3.90. The first-order valence-electron chi connectivity index (χ1n) is 4.72. The summed E-state index contributed by atoms with van der Waals surface area (Å²) in [7, 11) is 0. The predicted molar refractivity (Wildman–Crippen MR) is 57.8 cm³/mol. The summed E-state index contributed by atoms with van der Waals surface area (Å²) in [4.78, 5) is 11.1. The molecule has 3 nitrogen and oxygen atoms in total. The summed E-state index contributed by atoms with van der Waals surface area (Å²) >= 11 is 5.71. The molecule has 1 aromatic rings. The number of ether oxygens (including phenoxy) is 1. The second kappa shape index (κ2) is 5.73. The van der Waals surface area contributed by atoms with Crippen LogP contribution in [0.2, 0.25) is 5.02 Å². The van der Waals surface area contributed by atoms with Crippen LogP contribution >= 0.6 is 11.6 Å². The molecule has 0 bridgehead atoms. The van der Waals surface area contributed by atoms with E-state index < -0.39 is 12.1 Å². The van der Waals surface area contributed by atoms with Crippen molar-refractivity contribution in [2.75, 3.05) is 6.61 Å². The maximum absolute atomic E-state index is 11.1. The lowest BCUT2D eigenvalue weighted by atomic mass is 10.1. The highest BCUT2D eigenvalue weighted by molar-refractivity contribution is 6.30. The average Bonchev–Trinajstić information content (AvgIpc) is 2.22. The van der Waals surface area contributed by atoms with Crippen LogP contribution < -0.4 is 0 Å². The molecule has 0 aromatic heterocycles. The fourth-order valence-electron chi connectivity index (χ4n) is 1.17. The molecule has 82 valence electrons. The molecule has 0 spiro atoms. The Morgan fingerprint density at radius 2 is 2.07 bits per heavy atom. The van der Waals surface area contributed by atoms with Crippen LogP contribution in [0, 0.1) is 0 Å². The van der Waals surface area contributed by atoms with Gasteiger partial charge in [-0.3, -0.25) is 0 Å². The second-order valence-corrected chi connectivity index (χ2v) is 3.53. The molecule has 1 N–H and O–H groups in total. The van der Waals surface area contributed by atoms with E-state index in [1.165, 1.54) is 0 Å². The van der Waals surface area contributed by atoms with Gasteiger partial charge in [0.1, 0.15) is 0 Å². The number of hydrogen-bond donors (Lipinski definition) is 1. The SMILES string of the molecule is CCOC(=O)C(O)Cc1ccc(Cl)cc1. The van der Waals surface area contributed by atoms with E-state index in [2.05, 4.69) is 4.74 Å². The number of rotatable bonds is 4. The molecule has 1 atom stereocenters. The van der Waals surface area contributed by atoms with Crippen LogP contribution in [0.3, 0.4) is 0 Å². The first-order chi connectivity index (χ1) is 7.13. The highest BCUT2D eigenvalue weighted by Gasteiger charge is 2.16. The molecular weight excluding hydrogens is 216 g/mol. The van der Waals surface area contributed by atoms with Gasteiger partial charge >= 0.3 is 5.97 Å². The largest absolute Gasteiger partial charge is 0.464 e. The van der Waals surface area contributed by atoms with Crippen molar-refractivity contribution in [2.45, 2.75) is 19.4 Å². The standard InChI is InChI=1S/C11H13ClO3/c1-2-15-11(14)10(13)7-8-3-5-9(12)6-4-8/h3-6,10,13H,2,7H2,1H3. The molecular formula is C11H13ClO3. The van der Waals surface area contributed by atoms with E-state index in [9.17, 15) is 9.90 Å². The third-order valence-electron chi connectivity index (χ3n) is 1.90. The summed E-state index contributed by atoms with van der Waals surface area (Å²) in [6.07, 6.45) is -0.859. The first kappa shape index (κ1) is 12.0. The molecule has 0 aliphatic carbocycles. The van der Waals surface area contributed by atoms with E-state index in [0.29, 0.717) is 5.02 Å². The zero-order valence-corrected chi connectivity index (χ0v) is 9.20. The number of benzene rings is 1. The highest BCUT2D eigenvalue weighted by Crippen LogP contribution is 2.11. The fourth-order valence-corrected chi connectivity index (χ4v) is 1.29. The molecule has 15 heavy (non-hydrogen) atoms. The average molecular weight is 229 g/mol. The van der Waals surface area contributed by atoms with Gasteiger partial charge in [-0.1, -0.05) is 23.7 Å². The van der Waals surface area contributed by atoms with E-state index >= 15 is 0 Å². The maximum Gasteiger partial charge on any atom is 0.335 e. The number of aliphatic hydroxyl groups excluding tert-OH is 1. The normalized spacial score (nSPS) is 12.2. The van der Waals surface area contributed by atoms with Gasteiger partial charge in [-0.15, -0.1) is 0 Å². The summed E-state index contributed by atoms with van der Waals surface area (Å²) < 4.78 is 4.68. The van der Waals surface area contributed by atoms with Crippen LogP contribution in [0.5, 0.6) is 0 Å². The Morgan fingerprint density at radius 1 is 1.47 bits per heavy atom. The number of carbonyl (C=O) groups excluding carboxylic acids is 1. The Balaban J connectivity index is 2.54. The van der Waals surface area contributed by atoms with Crippen LogP contribution in [0.25, 0.3) is 0 Å².